The van der Waals surface area contributed by atoms with Crippen LogP contribution in [0.3, 0.4) is 0 Å². The van der Waals surface area contributed by atoms with Crippen LogP contribution in [0.4, 0.5) is 16.2 Å². The van der Waals surface area contributed by atoms with Crippen LogP contribution in [-0.2, 0) is 7.05 Å². The van der Waals surface area contributed by atoms with Crippen molar-refractivity contribution < 1.29 is 9.59 Å². The fourth-order valence-electron chi connectivity index (χ4n) is 3.09. The van der Waals surface area contributed by atoms with E-state index in [-0.39, 0.29) is 11.9 Å². The van der Waals surface area contributed by atoms with E-state index in [2.05, 4.69) is 20.7 Å². The van der Waals surface area contributed by atoms with Crippen molar-refractivity contribution in [1.29, 1.82) is 0 Å². The number of anilines is 2. The molecule has 3 amide bonds. The predicted octanol–water partition coefficient (Wildman–Crippen LogP) is 2.06. The molecule has 3 aromatic rings. The van der Waals surface area contributed by atoms with Gasteiger partial charge in [0.25, 0.3) is 5.91 Å². The normalized spacial score (nSPS) is 13.9. The van der Waals surface area contributed by atoms with Gasteiger partial charge in [-0.3, -0.25) is 14.4 Å². The van der Waals surface area contributed by atoms with Gasteiger partial charge in [0.1, 0.15) is 0 Å². The number of benzene rings is 1. The number of fused-ring (bicyclic) bond motifs is 1. The van der Waals surface area contributed by atoms with Crippen molar-refractivity contribution in [2.24, 2.45) is 7.05 Å². The van der Waals surface area contributed by atoms with Crippen LogP contribution in [0.5, 0.6) is 0 Å². The number of rotatable bonds is 3. The Hall–Kier alpha value is -3.42. The van der Waals surface area contributed by atoms with Gasteiger partial charge in [0.2, 0.25) is 0 Å². The first kappa shape index (κ1) is 16.1. The number of aryl methyl sites for hydroxylation is 2. The minimum absolute atomic E-state index is 0.117. The molecule has 0 atom stereocenters. The van der Waals surface area contributed by atoms with Gasteiger partial charge in [-0.2, -0.15) is 5.10 Å². The van der Waals surface area contributed by atoms with E-state index < -0.39 is 0 Å². The first-order valence-electron chi connectivity index (χ1n) is 8.29. The third kappa shape index (κ3) is 2.75. The zero-order valence-electron chi connectivity index (χ0n) is 14.5. The summed E-state index contributed by atoms with van der Waals surface area (Å²) in [5.41, 5.74) is 3.52. The maximum Gasteiger partial charge on any atom is 0.321 e. The summed E-state index contributed by atoms with van der Waals surface area (Å²) >= 11 is 0. The van der Waals surface area contributed by atoms with E-state index in [1.807, 2.05) is 20.0 Å². The molecule has 4 rings (SSSR count). The number of aromatic nitrogens is 3. The lowest BCUT2D eigenvalue weighted by molar-refractivity contribution is 0.102. The summed E-state index contributed by atoms with van der Waals surface area (Å²) in [6.07, 6.45) is 1.62. The van der Waals surface area contributed by atoms with E-state index in [4.69, 9.17) is 0 Å². The van der Waals surface area contributed by atoms with Crippen LogP contribution in [0.25, 0.3) is 11.0 Å². The van der Waals surface area contributed by atoms with Crippen molar-refractivity contribution in [2.45, 2.75) is 6.92 Å². The molecule has 3 heterocycles. The van der Waals surface area contributed by atoms with Crippen LogP contribution >= 0.6 is 0 Å². The molecule has 1 fully saturated rings. The second-order valence-corrected chi connectivity index (χ2v) is 6.19. The monoisotopic (exact) mass is 350 g/mol. The van der Waals surface area contributed by atoms with Crippen LogP contribution < -0.4 is 15.5 Å². The largest absolute Gasteiger partial charge is 0.336 e. The second kappa shape index (κ2) is 6.14. The lowest BCUT2D eigenvalue weighted by Crippen LogP contribution is -2.27. The lowest BCUT2D eigenvalue weighted by Gasteiger charge is -2.14. The number of hydrogen-bond acceptors (Lipinski definition) is 4. The highest BCUT2D eigenvalue weighted by molar-refractivity contribution is 6.05. The number of amides is 3. The summed E-state index contributed by atoms with van der Waals surface area (Å²) in [6, 6.07) is 8.70. The highest BCUT2D eigenvalue weighted by Crippen LogP contribution is 2.21. The maximum atomic E-state index is 12.5. The standard InChI is InChI=1S/C18H18N6O2/c1-11-15-9-13(10-20-16(15)23(2)22-11)21-17(25)12-3-5-14(6-4-12)24-8-7-19-18(24)26/h3-6,9-10H,7-8H2,1-2H3,(H,19,26)(H,21,25). The number of nitrogens with one attached hydrogen (secondary N) is 2. The Kier molecular flexibility index (Phi) is 3.80. The molecule has 2 aromatic heterocycles. The topological polar surface area (TPSA) is 92.2 Å². The molecule has 1 aromatic carbocycles. The molecule has 1 aliphatic heterocycles. The van der Waals surface area contributed by atoms with Crippen molar-refractivity contribution in [1.82, 2.24) is 20.1 Å². The zero-order chi connectivity index (χ0) is 18.3. The Morgan fingerprint density at radius 3 is 2.73 bits per heavy atom. The van der Waals surface area contributed by atoms with Crippen LogP contribution in [0.2, 0.25) is 0 Å². The first-order valence-corrected chi connectivity index (χ1v) is 8.29. The van der Waals surface area contributed by atoms with Gasteiger partial charge in [0.15, 0.2) is 5.65 Å². The van der Waals surface area contributed by atoms with Crippen molar-refractivity contribution in [3.05, 3.63) is 47.8 Å². The molecule has 0 radical (unpaired) electrons. The van der Waals surface area contributed by atoms with Gasteiger partial charge in [-0.25, -0.2) is 9.78 Å². The number of hydrogen-bond donors (Lipinski definition) is 2. The molecule has 0 saturated carbocycles. The molecule has 8 heteroatoms. The Morgan fingerprint density at radius 1 is 1.27 bits per heavy atom. The van der Waals surface area contributed by atoms with Gasteiger partial charge in [0, 0.05) is 36.8 Å². The minimum atomic E-state index is -0.231. The van der Waals surface area contributed by atoms with Crippen LogP contribution in [0, 0.1) is 6.92 Å². The summed E-state index contributed by atoms with van der Waals surface area (Å²) in [4.78, 5) is 30.2. The molecular formula is C18H18N6O2. The smallest absolute Gasteiger partial charge is 0.321 e. The fraction of sp³-hybridized carbons (Fsp3) is 0.222. The maximum absolute atomic E-state index is 12.5. The van der Waals surface area contributed by atoms with E-state index in [1.165, 1.54) is 0 Å². The van der Waals surface area contributed by atoms with Crippen molar-refractivity contribution in [3.8, 4) is 0 Å². The molecule has 0 spiro atoms. The fourth-order valence-corrected chi connectivity index (χ4v) is 3.09. The van der Waals surface area contributed by atoms with Crippen molar-refractivity contribution in [3.63, 3.8) is 0 Å². The van der Waals surface area contributed by atoms with E-state index in [1.54, 1.807) is 40.0 Å². The second-order valence-electron chi connectivity index (χ2n) is 6.19. The van der Waals surface area contributed by atoms with Crippen LogP contribution in [0.15, 0.2) is 36.5 Å². The molecule has 132 valence electrons. The Morgan fingerprint density at radius 2 is 2.04 bits per heavy atom. The molecule has 1 saturated heterocycles. The third-order valence-corrected chi connectivity index (χ3v) is 4.42. The van der Waals surface area contributed by atoms with Gasteiger partial charge in [-0.05, 0) is 37.3 Å². The molecule has 1 aliphatic rings. The third-order valence-electron chi connectivity index (χ3n) is 4.42. The summed E-state index contributed by atoms with van der Waals surface area (Å²) in [5, 5.41) is 10.8. The quantitative estimate of drug-likeness (QED) is 0.756. The summed E-state index contributed by atoms with van der Waals surface area (Å²) in [5.74, 6) is -0.231. The molecule has 26 heavy (non-hydrogen) atoms. The number of pyridine rings is 1. The van der Waals surface area contributed by atoms with Gasteiger partial charge in [-0.15, -0.1) is 0 Å². The van der Waals surface area contributed by atoms with E-state index in [0.29, 0.717) is 24.3 Å². The highest BCUT2D eigenvalue weighted by Gasteiger charge is 2.21. The summed E-state index contributed by atoms with van der Waals surface area (Å²) < 4.78 is 1.71. The first-order chi connectivity index (χ1) is 12.5. The van der Waals surface area contributed by atoms with Crippen LogP contribution in [0.1, 0.15) is 16.1 Å². The minimum Gasteiger partial charge on any atom is -0.336 e. The number of urea groups is 1. The molecule has 2 N–H and O–H groups in total. The number of carbonyl (C=O) groups is 2. The SMILES string of the molecule is Cc1nn(C)c2ncc(NC(=O)c3ccc(N4CCNC4=O)cc3)cc12. The van der Waals surface area contributed by atoms with Gasteiger partial charge in [-0.1, -0.05) is 0 Å². The van der Waals surface area contributed by atoms with Gasteiger partial charge >= 0.3 is 6.03 Å². The summed E-state index contributed by atoms with van der Waals surface area (Å²) in [7, 11) is 1.84. The lowest BCUT2D eigenvalue weighted by atomic mass is 10.1. The molecular weight excluding hydrogens is 332 g/mol. The van der Waals surface area contributed by atoms with Crippen molar-refractivity contribution >= 4 is 34.3 Å². The Balaban J connectivity index is 1.53. The number of carbonyl (C=O) groups excluding carboxylic acids is 2. The van der Waals surface area contributed by atoms with E-state index in [0.717, 1.165) is 22.4 Å². The van der Waals surface area contributed by atoms with Crippen LogP contribution in [-0.4, -0.2) is 39.8 Å². The van der Waals surface area contributed by atoms with E-state index >= 15 is 0 Å². The molecule has 0 aliphatic carbocycles. The summed E-state index contributed by atoms with van der Waals surface area (Å²) in [6.45, 7) is 3.16. The predicted molar refractivity (Wildman–Crippen MR) is 98.4 cm³/mol. The van der Waals surface area contributed by atoms with Gasteiger partial charge < -0.3 is 10.6 Å². The van der Waals surface area contributed by atoms with Crippen molar-refractivity contribution in [2.75, 3.05) is 23.3 Å². The zero-order valence-corrected chi connectivity index (χ0v) is 14.5. The average molecular weight is 350 g/mol. The molecule has 8 nitrogen and oxygen atoms in total. The molecule has 0 bridgehead atoms. The van der Waals surface area contributed by atoms with Gasteiger partial charge in [0.05, 0.1) is 17.6 Å². The Labute approximate surface area is 149 Å². The van der Waals surface area contributed by atoms with E-state index in [9.17, 15) is 9.59 Å². The molecule has 0 unspecified atom stereocenters. The Bertz CT molecular complexity index is 1010. The highest BCUT2D eigenvalue weighted by atomic mass is 16.2. The average Bonchev–Trinajstić information content (AvgIpc) is 3.18. The number of nitrogens with zero attached hydrogens (tertiary/aromatic N) is 4.